The Labute approximate surface area is 202 Å². The van der Waals surface area contributed by atoms with E-state index >= 15 is 0 Å². The Morgan fingerprint density at radius 1 is 1.06 bits per heavy atom. The van der Waals surface area contributed by atoms with Gasteiger partial charge in [0.25, 0.3) is 5.91 Å². The molecule has 5 nitrogen and oxygen atoms in total. The topological polar surface area (TPSA) is 42.0 Å². The highest BCUT2D eigenvalue weighted by atomic mass is 35.5. The van der Waals surface area contributed by atoms with E-state index in [0.29, 0.717) is 22.5 Å². The van der Waals surface area contributed by atoms with E-state index in [4.69, 9.17) is 21.1 Å². The van der Waals surface area contributed by atoms with Crippen molar-refractivity contribution >= 4 is 17.5 Å². The standard InChI is InChI=1S/C27H35ClN2O3/c1-4-12-30(22-16-23-24(17-22)26(33-3)9-8-25(23)32-2)18-19-10-13-29(14-11-19)27(31)20-6-5-7-21(28)15-20/h5-9,15,19,22H,4,10-14,16-18H2,1-3H3. The Kier molecular flexibility index (Phi) is 7.82. The largest absolute Gasteiger partial charge is 0.496 e. The minimum absolute atomic E-state index is 0.0896. The maximum Gasteiger partial charge on any atom is 0.253 e. The molecule has 1 heterocycles. The fraction of sp³-hybridized carbons (Fsp3) is 0.519. The number of benzene rings is 2. The van der Waals surface area contributed by atoms with Crippen LogP contribution in [-0.4, -0.2) is 62.1 Å². The molecule has 0 bridgehead atoms. The van der Waals surface area contributed by atoms with Crippen molar-refractivity contribution in [3.05, 3.63) is 58.1 Å². The highest BCUT2D eigenvalue weighted by molar-refractivity contribution is 6.30. The van der Waals surface area contributed by atoms with Crippen LogP contribution < -0.4 is 9.47 Å². The van der Waals surface area contributed by atoms with Crippen molar-refractivity contribution in [1.82, 2.24) is 9.80 Å². The zero-order chi connectivity index (χ0) is 23.4. The Morgan fingerprint density at radius 2 is 1.70 bits per heavy atom. The van der Waals surface area contributed by atoms with E-state index in [1.165, 1.54) is 11.1 Å². The quantitative estimate of drug-likeness (QED) is 0.539. The monoisotopic (exact) mass is 470 g/mol. The fourth-order valence-electron chi connectivity index (χ4n) is 5.45. The molecule has 1 fully saturated rings. The van der Waals surface area contributed by atoms with Crippen molar-refractivity contribution in [1.29, 1.82) is 0 Å². The lowest BCUT2D eigenvalue weighted by Gasteiger charge is -2.37. The molecule has 0 N–H and O–H groups in total. The summed E-state index contributed by atoms with van der Waals surface area (Å²) in [5, 5.41) is 0.608. The third kappa shape index (κ3) is 5.30. The summed E-state index contributed by atoms with van der Waals surface area (Å²) in [6, 6.07) is 11.8. The predicted molar refractivity (Wildman–Crippen MR) is 133 cm³/mol. The molecule has 1 amide bonds. The van der Waals surface area contributed by atoms with Crippen LogP contribution in [0.2, 0.25) is 5.02 Å². The number of fused-ring (bicyclic) bond motifs is 1. The molecule has 0 atom stereocenters. The van der Waals surface area contributed by atoms with Gasteiger partial charge in [-0.15, -0.1) is 0 Å². The van der Waals surface area contributed by atoms with Gasteiger partial charge in [-0.1, -0.05) is 24.6 Å². The number of halogens is 1. The van der Waals surface area contributed by atoms with Crippen LogP contribution in [0, 0.1) is 5.92 Å². The Bertz CT molecular complexity index is 939. The molecule has 2 aromatic carbocycles. The summed E-state index contributed by atoms with van der Waals surface area (Å²) in [6.07, 6.45) is 5.22. The summed E-state index contributed by atoms with van der Waals surface area (Å²) in [5.74, 6) is 2.63. The molecule has 4 rings (SSSR count). The lowest BCUT2D eigenvalue weighted by Crippen LogP contribution is -2.44. The van der Waals surface area contributed by atoms with E-state index in [2.05, 4.69) is 11.8 Å². The van der Waals surface area contributed by atoms with Crippen molar-refractivity contribution in [2.24, 2.45) is 5.92 Å². The number of piperidine rings is 1. The Morgan fingerprint density at radius 3 is 2.24 bits per heavy atom. The summed E-state index contributed by atoms with van der Waals surface area (Å²) < 4.78 is 11.3. The molecule has 1 aliphatic heterocycles. The molecule has 1 aliphatic carbocycles. The average Bonchev–Trinajstić information content (AvgIpc) is 3.29. The molecular formula is C27H35ClN2O3. The van der Waals surface area contributed by atoms with Crippen LogP contribution in [-0.2, 0) is 12.8 Å². The minimum Gasteiger partial charge on any atom is -0.496 e. The second-order valence-corrected chi connectivity index (χ2v) is 9.67. The maximum absolute atomic E-state index is 12.9. The summed E-state index contributed by atoms with van der Waals surface area (Å²) in [5.41, 5.74) is 3.27. The molecule has 33 heavy (non-hydrogen) atoms. The Balaban J connectivity index is 1.38. The highest BCUT2D eigenvalue weighted by Gasteiger charge is 2.33. The van der Waals surface area contributed by atoms with Crippen LogP contribution in [0.5, 0.6) is 11.5 Å². The zero-order valence-corrected chi connectivity index (χ0v) is 20.7. The molecule has 1 saturated heterocycles. The molecule has 0 spiro atoms. The van der Waals surface area contributed by atoms with Crippen LogP contribution in [0.4, 0.5) is 0 Å². The van der Waals surface area contributed by atoms with Crippen molar-refractivity contribution in [2.75, 3.05) is 40.4 Å². The number of rotatable bonds is 8. The van der Waals surface area contributed by atoms with Crippen LogP contribution in [0.3, 0.4) is 0 Å². The zero-order valence-electron chi connectivity index (χ0n) is 20.0. The second-order valence-electron chi connectivity index (χ2n) is 9.23. The van der Waals surface area contributed by atoms with Crippen LogP contribution in [0.25, 0.3) is 0 Å². The summed E-state index contributed by atoms with van der Waals surface area (Å²) in [7, 11) is 3.50. The first-order valence-electron chi connectivity index (χ1n) is 12.1. The first-order chi connectivity index (χ1) is 16.0. The lowest BCUT2D eigenvalue weighted by atomic mass is 9.94. The number of hydrogen-bond acceptors (Lipinski definition) is 4. The minimum atomic E-state index is 0.0896. The van der Waals surface area contributed by atoms with Crippen LogP contribution in [0.15, 0.2) is 36.4 Å². The number of amides is 1. The molecule has 178 valence electrons. The smallest absolute Gasteiger partial charge is 0.253 e. The number of carbonyl (C=O) groups excluding carboxylic acids is 1. The van der Waals surface area contributed by atoms with Crippen molar-refractivity contribution in [3.8, 4) is 11.5 Å². The molecule has 0 aromatic heterocycles. The molecule has 0 unspecified atom stereocenters. The van der Waals surface area contributed by atoms with Crippen molar-refractivity contribution in [2.45, 2.75) is 45.1 Å². The molecule has 0 saturated carbocycles. The van der Waals surface area contributed by atoms with Gasteiger partial charge in [0.05, 0.1) is 14.2 Å². The van der Waals surface area contributed by atoms with Gasteiger partial charge in [0, 0.05) is 47.4 Å². The number of hydrogen-bond donors (Lipinski definition) is 0. The van der Waals surface area contributed by atoms with Gasteiger partial charge in [-0.05, 0) is 74.9 Å². The van der Waals surface area contributed by atoms with E-state index in [1.807, 2.05) is 29.2 Å². The molecular weight excluding hydrogens is 436 g/mol. The van der Waals surface area contributed by atoms with Crippen molar-refractivity contribution in [3.63, 3.8) is 0 Å². The van der Waals surface area contributed by atoms with Gasteiger partial charge >= 0.3 is 0 Å². The first-order valence-corrected chi connectivity index (χ1v) is 12.4. The first kappa shape index (κ1) is 23.9. The second kappa shape index (κ2) is 10.8. The summed E-state index contributed by atoms with van der Waals surface area (Å²) in [6.45, 7) is 6.04. The molecule has 0 radical (unpaired) electrons. The van der Waals surface area contributed by atoms with Gasteiger partial charge < -0.3 is 14.4 Å². The normalized spacial score (nSPS) is 16.8. The maximum atomic E-state index is 12.9. The van der Waals surface area contributed by atoms with E-state index in [0.717, 1.165) is 69.8 Å². The van der Waals surface area contributed by atoms with Gasteiger partial charge in [0.1, 0.15) is 11.5 Å². The van der Waals surface area contributed by atoms with Crippen molar-refractivity contribution < 1.29 is 14.3 Å². The number of methoxy groups -OCH3 is 2. The molecule has 2 aromatic rings. The number of nitrogens with zero attached hydrogens (tertiary/aromatic N) is 2. The Hall–Kier alpha value is -2.24. The molecule has 6 heteroatoms. The van der Waals surface area contributed by atoms with Crippen LogP contribution in [0.1, 0.15) is 47.7 Å². The predicted octanol–water partition coefficient (Wildman–Crippen LogP) is 5.09. The third-order valence-corrected chi connectivity index (χ3v) is 7.39. The average molecular weight is 471 g/mol. The van der Waals surface area contributed by atoms with Gasteiger partial charge in [-0.3, -0.25) is 9.69 Å². The van der Waals surface area contributed by atoms with Gasteiger partial charge in [-0.2, -0.15) is 0 Å². The fourth-order valence-corrected chi connectivity index (χ4v) is 5.64. The lowest BCUT2D eigenvalue weighted by molar-refractivity contribution is 0.0649. The number of ether oxygens (including phenoxy) is 2. The van der Waals surface area contributed by atoms with E-state index < -0.39 is 0 Å². The number of likely N-dealkylation sites (tertiary alicyclic amines) is 1. The summed E-state index contributed by atoms with van der Waals surface area (Å²) in [4.78, 5) is 17.5. The van der Waals surface area contributed by atoms with Gasteiger partial charge in [0.15, 0.2) is 0 Å². The van der Waals surface area contributed by atoms with Gasteiger partial charge in [0.2, 0.25) is 0 Å². The number of carbonyl (C=O) groups is 1. The SMILES string of the molecule is CCCN(CC1CCN(C(=O)c2cccc(Cl)c2)CC1)C1Cc2c(OC)ccc(OC)c2C1. The third-order valence-electron chi connectivity index (χ3n) is 7.16. The summed E-state index contributed by atoms with van der Waals surface area (Å²) >= 11 is 6.08. The molecule has 2 aliphatic rings. The van der Waals surface area contributed by atoms with E-state index in [1.54, 1.807) is 26.4 Å². The van der Waals surface area contributed by atoms with Gasteiger partial charge in [-0.25, -0.2) is 0 Å². The highest BCUT2D eigenvalue weighted by Crippen LogP contribution is 2.39. The van der Waals surface area contributed by atoms with E-state index in [9.17, 15) is 4.79 Å². The van der Waals surface area contributed by atoms with E-state index in [-0.39, 0.29) is 5.91 Å². The van der Waals surface area contributed by atoms with Crippen LogP contribution >= 0.6 is 11.6 Å².